The van der Waals surface area contributed by atoms with Crippen LogP contribution < -0.4 is 10.8 Å². The van der Waals surface area contributed by atoms with Crippen LogP contribution in [0.1, 0.15) is 27.7 Å². The van der Waals surface area contributed by atoms with Gasteiger partial charge in [0.2, 0.25) is 0 Å². The van der Waals surface area contributed by atoms with Crippen LogP contribution in [0.4, 0.5) is 11.7 Å². The van der Waals surface area contributed by atoms with Crippen molar-refractivity contribution in [2.24, 2.45) is 0 Å². The number of rotatable bonds is 3. The highest BCUT2D eigenvalue weighted by Gasteiger charge is 2.51. The van der Waals surface area contributed by atoms with Crippen molar-refractivity contribution < 1.29 is 13.7 Å². The molecule has 3 aromatic rings. The summed E-state index contributed by atoms with van der Waals surface area (Å²) in [5.74, 6) is 0. The van der Waals surface area contributed by atoms with E-state index in [1.165, 1.54) is 0 Å². The summed E-state index contributed by atoms with van der Waals surface area (Å²) in [6.45, 7) is 8.21. The van der Waals surface area contributed by atoms with Gasteiger partial charge < -0.3 is 19.0 Å². The predicted octanol–water partition coefficient (Wildman–Crippen LogP) is 3.87. The average molecular weight is 336 g/mol. The van der Waals surface area contributed by atoms with Gasteiger partial charge in [-0.3, -0.25) is 0 Å². The van der Waals surface area contributed by atoms with Crippen molar-refractivity contribution in [3.8, 4) is 0 Å². The molecule has 0 aliphatic carbocycles. The number of fused-ring (bicyclic) bond motifs is 1. The molecule has 0 atom stereocenters. The van der Waals surface area contributed by atoms with E-state index in [1.807, 2.05) is 48.5 Å². The lowest BCUT2D eigenvalue weighted by atomic mass is 9.79. The smallest absolute Gasteiger partial charge is 0.423 e. The number of anilines is 2. The third kappa shape index (κ3) is 2.92. The minimum atomic E-state index is -0.358. The third-order valence-electron chi connectivity index (χ3n) is 4.98. The summed E-state index contributed by atoms with van der Waals surface area (Å²) in [7, 11) is -0.358. The molecule has 0 spiro atoms. The van der Waals surface area contributed by atoms with Crippen molar-refractivity contribution >= 4 is 35.4 Å². The van der Waals surface area contributed by atoms with Crippen LogP contribution in [0, 0.1) is 0 Å². The second-order valence-corrected chi connectivity index (χ2v) is 7.32. The molecule has 0 radical (unpaired) electrons. The van der Waals surface area contributed by atoms with Crippen molar-refractivity contribution in [3.63, 3.8) is 0 Å². The molecule has 128 valence electrons. The maximum absolute atomic E-state index is 6.07. The summed E-state index contributed by atoms with van der Waals surface area (Å²) in [5, 5.41) is 3.18. The number of benzene rings is 2. The van der Waals surface area contributed by atoms with E-state index in [4.69, 9.17) is 13.7 Å². The van der Waals surface area contributed by atoms with E-state index in [-0.39, 0.29) is 18.3 Å². The van der Waals surface area contributed by atoms with Crippen LogP contribution in [0.15, 0.2) is 52.9 Å². The number of hydrogen-bond acceptors (Lipinski definition) is 5. The van der Waals surface area contributed by atoms with Crippen LogP contribution >= 0.6 is 0 Å². The molecule has 0 unspecified atom stereocenters. The Morgan fingerprint density at radius 3 is 2.16 bits per heavy atom. The molecule has 1 fully saturated rings. The SMILES string of the molecule is CC1(C)OB(c2ccc(Nc3nc4ccccc4o3)cc2)OC1(C)C. The Hall–Kier alpha value is -2.31. The van der Waals surface area contributed by atoms with Gasteiger partial charge in [-0.15, -0.1) is 0 Å². The lowest BCUT2D eigenvalue weighted by molar-refractivity contribution is 0.00578. The van der Waals surface area contributed by atoms with Crippen molar-refractivity contribution in [2.75, 3.05) is 5.32 Å². The van der Waals surface area contributed by atoms with Gasteiger partial charge in [-0.1, -0.05) is 24.3 Å². The minimum Gasteiger partial charge on any atom is -0.423 e. The van der Waals surface area contributed by atoms with E-state index < -0.39 is 0 Å². The van der Waals surface area contributed by atoms with Gasteiger partial charge in [-0.05, 0) is 57.4 Å². The summed E-state index contributed by atoms with van der Waals surface area (Å²) in [6, 6.07) is 16.1. The van der Waals surface area contributed by atoms with Crippen LogP contribution in [-0.2, 0) is 9.31 Å². The summed E-state index contributed by atoms with van der Waals surface area (Å²) >= 11 is 0. The monoisotopic (exact) mass is 336 g/mol. The summed E-state index contributed by atoms with van der Waals surface area (Å²) in [6.07, 6.45) is 0. The Kier molecular flexibility index (Phi) is 3.63. The lowest BCUT2D eigenvalue weighted by Crippen LogP contribution is -2.41. The molecule has 2 heterocycles. The van der Waals surface area contributed by atoms with Gasteiger partial charge in [0.1, 0.15) is 5.52 Å². The molecular formula is C19H21BN2O3. The first-order valence-electron chi connectivity index (χ1n) is 8.42. The van der Waals surface area contributed by atoms with Crippen LogP contribution in [0.5, 0.6) is 0 Å². The molecule has 25 heavy (non-hydrogen) atoms. The molecule has 0 saturated carbocycles. The van der Waals surface area contributed by atoms with E-state index in [2.05, 4.69) is 38.0 Å². The van der Waals surface area contributed by atoms with E-state index >= 15 is 0 Å². The van der Waals surface area contributed by atoms with Gasteiger partial charge in [0.25, 0.3) is 6.01 Å². The molecule has 0 amide bonds. The molecular weight excluding hydrogens is 315 g/mol. The third-order valence-corrected chi connectivity index (χ3v) is 4.98. The highest BCUT2D eigenvalue weighted by molar-refractivity contribution is 6.62. The molecule has 2 aromatic carbocycles. The maximum atomic E-state index is 6.07. The first-order chi connectivity index (χ1) is 11.8. The minimum absolute atomic E-state index is 0.340. The van der Waals surface area contributed by atoms with E-state index in [0.29, 0.717) is 6.01 Å². The van der Waals surface area contributed by atoms with Gasteiger partial charge in [0.15, 0.2) is 5.58 Å². The molecule has 4 rings (SSSR count). The lowest BCUT2D eigenvalue weighted by Gasteiger charge is -2.32. The topological polar surface area (TPSA) is 56.5 Å². The zero-order valence-electron chi connectivity index (χ0n) is 14.9. The van der Waals surface area contributed by atoms with Crippen molar-refractivity contribution in [3.05, 3.63) is 48.5 Å². The Morgan fingerprint density at radius 2 is 1.52 bits per heavy atom. The summed E-state index contributed by atoms with van der Waals surface area (Å²) < 4.78 is 17.8. The number of nitrogens with zero attached hydrogens (tertiary/aromatic N) is 1. The molecule has 1 aliphatic heterocycles. The van der Waals surface area contributed by atoms with E-state index in [9.17, 15) is 0 Å². The van der Waals surface area contributed by atoms with Crippen molar-refractivity contribution in [1.29, 1.82) is 0 Å². The van der Waals surface area contributed by atoms with E-state index in [1.54, 1.807) is 0 Å². The van der Waals surface area contributed by atoms with Crippen molar-refractivity contribution in [1.82, 2.24) is 4.98 Å². The van der Waals surface area contributed by atoms with Gasteiger partial charge in [-0.25, -0.2) is 0 Å². The number of oxazole rings is 1. The molecule has 1 aliphatic rings. The Bertz CT molecular complexity index is 853. The van der Waals surface area contributed by atoms with Crippen LogP contribution in [0.2, 0.25) is 0 Å². The Morgan fingerprint density at radius 1 is 0.880 bits per heavy atom. The summed E-state index contributed by atoms with van der Waals surface area (Å²) in [5.41, 5.74) is 2.80. The standard InChI is InChI=1S/C19H21BN2O3/c1-18(2)19(3,4)25-20(24-18)13-9-11-14(12-10-13)21-17-22-15-7-5-6-8-16(15)23-17/h5-12H,1-4H3,(H,21,22). The molecule has 6 heteroatoms. The molecule has 5 nitrogen and oxygen atoms in total. The summed E-state index contributed by atoms with van der Waals surface area (Å²) in [4.78, 5) is 4.42. The quantitative estimate of drug-likeness (QED) is 0.736. The second-order valence-electron chi connectivity index (χ2n) is 7.32. The zero-order chi connectivity index (χ0) is 17.7. The van der Waals surface area contributed by atoms with E-state index in [0.717, 1.165) is 22.2 Å². The number of hydrogen-bond donors (Lipinski definition) is 1. The second kappa shape index (κ2) is 5.61. The predicted molar refractivity (Wildman–Crippen MR) is 99.4 cm³/mol. The first kappa shape index (κ1) is 16.2. The largest absolute Gasteiger partial charge is 0.494 e. The maximum Gasteiger partial charge on any atom is 0.494 e. The van der Waals surface area contributed by atoms with Gasteiger partial charge in [-0.2, -0.15) is 4.98 Å². The highest BCUT2D eigenvalue weighted by atomic mass is 16.7. The highest BCUT2D eigenvalue weighted by Crippen LogP contribution is 2.36. The van der Waals surface area contributed by atoms with Gasteiger partial charge in [0, 0.05) is 5.69 Å². The van der Waals surface area contributed by atoms with Crippen LogP contribution in [0.3, 0.4) is 0 Å². The van der Waals surface area contributed by atoms with Crippen molar-refractivity contribution in [2.45, 2.75) is 38.9 Å². The normalized spacial score (nSPS) is 18.6. The Balaban J connectivity index is 1.51. The fourth-order valence-electron chi connectivity index (χ4n) is 2.75. The number of para-hydroxylation sites is 2. The molecule has 1 aromatic heterocycles. The first-order valence-corrected chi connectivity index (χ1v) is 8.42. The fraction of sp³-hybridized carbons (Fsp3) is 0.316. The molecule has 0 bridgehead atoms. The average Bonchev–Trinajstić information content (AvgIpc) is 3.05. The Labute approximate surface area is 147 Å². The van der Waals surface area contributed by atoms with Gasteiger partial charge in [0.05, 0.1) is 11.2 Å². The van der Waals surface area contributed by atoms with Gasteiger partial charge >= 0.3 is 7.12 Å². The fourth-order valence-corrected chi connectivity index (χ4v) is 2.75. The van der Waals surface area contributed by atoms with Crippen LogP contribution in [0.25, 0.3) is 11.1 Å². The molecule has 1 saturated heterocycles. The number of nitrogens with one attached hydrogen (secondary N) is 1. The molecule has 1 N–H and O–H groups in total. The zero-order valence-corrected chi connectivity index (χ0v) is 14.9. The van der Waals surface area contributed by atoms with Crippen LogP contribution in [-0.4, -0.2) is 23.3 Å². The number of aromatic nitrogens is 1.